The number of benzene rings is 1. The van der Waals surface area contributed by atoms with Crippen molar-refractivity contribution in [3.8, 4) is 0 Å². The molecule has 134 valence electrons. The molecule has 26 heavy (non-hydrogen) atoms. The number of aliphatic hydroxyl groups excluding tert-OH is 1. The van der Waals surface area contributed by atoms with Crippen molar-refractivity contribution in [2.24, 2.45) is 0 Å². The predicted octanol–water partition coefficient (Wildman–Crippen LogP) is 3.30. The Morgan fingerprint density at radius 3 is 1.77 bits per heavy atom. The van der Waals surface area contributed by atoms with Crippen LogP contribution in [0.15, 0.2) is 79.1 Å². The van der Waals surface area contributed by atoms with E-state index in [9.17, 15) is 5.11 Å². The van der Waals surface area contributed by atoms with Gasteiger partial charge in [0, 0.05) is 56.3 Å². The highest BCUT2D eigenvalue weighted by Gasteiger charge is 2.14. The maximum Gasteiger partial charge on any atom is 0.0916 e. The molecule has 0 aliphatic rings. The normalized spacial score (nSPS) is 12.2. The van der Waals surface area contributed by atoms with Crippen molar-refractivity contribution in [3.63, 3.8) is 0 Å². The van der Waals surface area contributed by atoms with Crippen LogP contribution in [0.25, 0.3) is 0 Å². The van der Waals surface area contributed by atoms with E-state index < -0.39 is 6.10 Å². The number of aliphatic hydroxyl groups is 1. The first-order chi connectivity index (χ1) is 12.8. The van der Waals surface area contributed by atoms with E-state index in [-0.39, 0.29) is 0 Å². The van der Waals surface area contributed by atoms with Crippen molar-refractivity contribution in [3.05, 3.63) is 96.1 Å². The molecular weight excluding hydrogens is 322 g/mol. The SMILES string of the molecule is OC(CN(CCc1ccccn1)CCc1ccccn1)c1ccccc1. The Morgan fingerprint density at radius 1 is 0.731 bits per heavy atom. The van der Waals surface area contributed by atoms with E-state index >= 15 is 0 Å². The molecule has 0 spiro atoms. The number of rotatable bonds is 9. The monoisotopic (exact) mass is 347 g/mol. The highest BCUT2D eigenvalue weighted by molar-refractivity contribution is 5.17. The number of aromatic nitrogens is 2. The number of pyridine rings is 2. The van der Waals surface area contributed by atoms with Gasteiger partial charge in [0.05, 0.1) is 6.10 Å². The maximum atomic E-state index is 10.6. The summed E-state index contributed by atoms with van der Waals surface area (Å²) >= 11 is 0. The fraction of sp³-hybridized carbons (Fsp3) is 0.273. The van der Waals surface area contributed by atoms with E-state index in [4.69, 9.17) is 0 Å². The second-order valence-corrected chi connectivity index (χ2v) is 6.37. The third kappa shape index (κ3) is 5.76. The smallest absolute Gasteiger partial charge is 0.0916 e. The molecule has 0 saturated heterocycles. The van der Waals surface area contributed by atoms with E-state index in [1.54, 1.807) is 0 Å². The molecule has 3 rings (SSSR count). The summed E-state index contributed by atoms with van der Waals surface area (Å²) < 4.78 is 0. The average Bonchev–Trinajstić information content (AvgIpc) is 2.72. The quantitative estimate of drug-likeness (QED) is 0.645. The standard InChI is InChI=1S/C22H25N3O/c26-22(19-8-2-1-3-9-19)18-25(16-12-20-10-4-6-14-23-20)17-13-21-11-5-7-15-24-21/h1-11,14-15,22,26H,12-13,16-18H2. The molecule has 4 nitrogen and oxygen atoms in total. The molecule has 2 aromatic heterocycles. The zero-order valence-corrected chi connectivity index (χ0v) is 14.9. The van der Waals surface area contributed by atoms with Gasteiger partial charge in [-0.3, -0.25) is 14.9 Å². The predicted molar refractivity (Wildman–Crippen MR) is 104 cm³/mol. The molecule has 1 aromatic carbocycles. The molecule has 4 heteroatoms. The fourth-order valence-corrected chi connectivity index (χ4v) is 2.96. The number of hydrogen-bond acceptors (Lipinski definition) is 4. The van der Waals surface area contributed by atoms with Crippen molar-refractivity contribution < 1.29 is 5.11 Å². The van der Waals surface area contributed by atoms with Crippen LogP contribution in [0.5, 0.6) is 0 Å². The zero-order chi connectivity index (χ0) is 18.0. The molecule has 0 amide bonds. The average molecular weight is 347 g/mol. The van der Waals surface area contributed by atoms with Crippen LogP contribution in [-0.2, 0) is 12.8 Å². The lowest BCUT2D eigenvalue weighted by Gasteiger charge is -2.25. The van der Waals surface area contributed by atoms with Crippen molar-refractivity contribution >= 4 is 0 Å². The lowest BCUT2D eigenvalue weighted by atomic mass is 10.1. The molecule has 2 heterocycles. The summed E-state index contributed by atoms with van der Waals surface area (Å²) in [6.07, 6.45) is 4.89. The van der Waals surface area contributed by atoms with Gasteiger partial charge in [0.2, 0.25) is 0 Å². The molecule has 1 unspecified atom stereocenters. The van der Waals surface area contributed by atoms with E-state index in [2.05, 4.69) is 14.9 Å². The van der Waals surface area contributed by atoms with Crippen LogP contribution < -0.4 is 0 Å². The van der Waals surface area contributed by atoms with Crippen LogP contribution in [0.3, 0.4) is 0 Å². The van der Waals surface area contributed by atoms with Crippen LogP contribution in [-0.4, -0.2) is 39.6 Å². The zero-order valence-electron chi connectivity index (χ0n) is 14.9. The first kappa shape index (κ1) is 18.2. The lowest BCUT2D eigenvalue weighted by Crippen LogP contribution is -2.33. The van der Waals surface area contributed by atoms with Crippen molar-refractivity contribution in [2.75, 3.05) is 19.6 Å². The van der Waals surface area contributed by atoms with Gasteiger partial charge in [0.25, 0.3) is 0 Å². The summed E-state index contributed by atoms with van der Waals surface area (Å²) in [6.45, 7) is 2.31. The molecule has 0 aliphatic carbocycles. The van der Waals surface area contributed by atoms with Gasteiger partial charge in [-0.1, -0.05) is 42.5 Å². The van der Waals surface area contributed by atoms with E-state index in [1.807, 2.05) is 79.1 Å². The third-order valence-electron chi connectivity index (χ3n) is 4.44. The Bertz CT molecular complexity index is 707. The molecule has 1 N–H and O–H groups in total. The van der Waals surface area contributed by atoms with Gasteiger partial charge in [-0.05, 0) is 29.8 Å². The van der Waals surface area contributed by atoms with Crippen LogP contribution >= 0.6 is 0 Å². The largest absolute Gasteiger partial charge is 0.387 e. The Kier molecular flexibility index (Phi) is 6.88. The second-order valence-electron chi connectivity index (χ2n) is 6.37. The lowest BCUT2D eigenvalue weighted by molar-refractivity contribution is 0.114. The minimum atomic E-state index is -0.497. The highest BCUT2D eigenvalue weighted by Crippen LogP contribution is 2.14. The number of hydrogen-bond donors (Lipinski definition) is 1. The van der Waals surface area contributed by atoms with Crippen LogP contribution in [0.4, 0.5) is 0 Å². The van der Waals surface area contributed by atoms with Gasteiger partial charge in [-0.2, -0.15) is 0 Å². The van der Waals surface area contributed by atoms with Gasteiger partial charge in [0.15, 0.2) is 0 Å². The molecule has 0 bridgehead atoms. The summed E-state index contributed by atoms with van der Waals surface area (Å²) in [7, 11) is 0. The minimum Gasteiger partial charge on any atom is -0.387 e. The molecule has 3 aromatic rings. The summed E-state index contributed by atoms with van der Waals surface area (Å²) in [5, 5.41) is 10.6. The van der Waals surface area contributed by atoms with Gasteiger partial charge < -0.3 is 5.11 Å². The van der Waals surface area contributed by atoms with E-state index in [0.29, 0.717) is 6.54 Å². The molecule has 0 fully saturated rings. The topological polar surface area (TPSA) is 49.2 Å². The van der Waals surface area contributed by atoms with Crippen molar-refractivity contribution in [1.82, 2.24) is 14.9 Å². The van der Waals surface area contributed by atoms with Crippen LogP contribution in [0, 0.1) is 0 Å². The third-order valence-corrected chi connectivity index (χ3v) is 4.44. The summed E-state index contributed by atoms with van der Waals surface area (Å²) in [6, 6.07) is 21.8. The summed E-state index contributed by atoms with van der Waals surface area (Å²) in [5.74, 6) is 0. The number of nitrogens with zero attached hydrogens (tertiary/aromatic N) is 3. The maximum absolute atomic E-state index is 10.6. The van der Waals surface area contributed by atoms with Crippen LogP contribution in [0.1, 0.15) is 23.1 Å². The van der Waals surface area contributed by atoms with Crippen molar-refractivity contribution in [2.45, 2.75) is 18.9 Å². The van der Waals surface area contributed by atoms with E-state index in [0.717, 1.165) is 42.9 Å². The second kappa shape index (κ2) is 9.80. The molecule has 0 radical (unpaired) electrons. The minimum absolute atomic E-state index is 0.497. The highest BCUT2D eigenvalue weighted by atomic mass is 16.3. The first-order valence-electron chi connectivity index (χ1n) is 9.06. The fourth-order valence-electron chi connectivity index (χ4n) is 2.96. The van der Waals surface area contributed by atoms with E-state index in [1.165, 1.54) is 0 Å². The van der Waals surface area contributed by atoms with Gasteiger partial charge >= 0.3 is 0 Å². The van der Waals surface area contributed by atoms with Gasteiger partial charge in [0.1, 0.15) is 0 Å². The molecule has 0 aliphatic heterocycles. The molecular formula is C22H25N3O. The Balaban J connectivity index is 1.62. The molecule has 0 saturated carbocycles. The summed E-state index contributed by atoms with van der Waals surface area (Å²) in [5.41, 5.74) is 3.10. The Labute approximate surface area is 155 Å². The van der Waals surface area contributed by atoms with Crippen LogP contribution in [0.2, 0.25) is 0 Å². The Morgan fingerprint density at radius 2 is 1.27 bits per heavy atom. The van der Waals surface area contributed by atoms with Crippen molar-refractivity contribution in [1.29, 1.82) is 0 Å². The summed E-state index contributed by atoms with van der Waals surface area (Å²) in [4.78, 5) is 11.1. The van der Waals surface area contributed by atoms with Gasteiger partial charge in [-0.15, -0.1) is 0 Å². The molecule has 1 atom stereocenters. The first-order valence-corrected chi connectivity index (χ1v) is 9.06. The Hall–Kier alpha value is -2.56. The van der Waals surface area contributed by atoms with Gasteiger partial charge in [-0.25, -0.2) is 0 Å².